The van der Waals surface area contributed by atoms with Gasteiger partial charge in [0.25, 0.3) is 0 Å². The molecule has 3 saturated carbocycles. The third kappa shape index (κ3) is 9.99. The number of allylic oxidation sites excluding steroid dienone is 1. The fourth-order valence-electron chi connectivity index (χ4n) is 15.6. The highest BCUT2D eigenvalue weighted by Gasteiger charge is 2.69. The van der Waals surface area contributed by atoms with Crippen molar-refractivity contribution in [2.24, 2.45) is 46.3 Å². The molecule has 0 aromatic heterocycles. The third-order valence-electron chi connectivity index (χ3n) is 19.7. The van der Waals surface area contributed by atoms with Gasteiger partial charge in [-0.15, -0.1) is 0 Å². The van der Waals surface area contributed by atoms with Gasteiger partial charge in [0.2, 0.25) is 0 Å². The minimum Gasteiger partial charge on any atom is -0.454 e. The van der Waals surface area contributed by atoms with Crippen LogP contribution in [0.5, 0.6) is 0 Å². The normalized spacial score (nSPS) is 54.8. The van der Waals surface area contributed by atoms with E-state index in [0.29, 0.717) is 48.3 Å². The van der Waals surface area contributed by atoms with Crippen LogP contribution in [0, 0.1) is 46.3 Å². The Morgan fingerprint density at radius 1 is 0.653 bits per heavy atom. The zero-order valence-corrected chi connectivity index (χ0v) is 43.4. The molecule has 0 bridgehead atoms. The Bertz CT molecular complexity index is 2010. The van der Waals surface area contributed by atoms with E-state index < -0.39 is 161 Å². The summed E-state index contributed by atoms with van der Waals surface area (Å²) in [5, 5.41) is 119. The first kappa shape index (κ1) is 56.6. The summed E-state index contributed by atoms with van der Waals surface area (Å²) in [6.07, 6.45) is -22.7. The number of hydrogen-bond donors (Lipinski definition) is 11. The van der Waals surface area contributed by atoms with Crippen molar-refractivity contribution in [1.82, 2.24) is 0 Å². The van der Waals surface area contributed by atoms with E-state index in [1.165, 1.54) is 5.57 Å². The lowest BCUT2D eigenvalue weighted by Crippen LogP contribution is -2.68. The topological polar surface area (TPSA) is 341 Å². The van der Waals surface area contributed by atoms with Gasteiger partial charge in [-0.3, -0.25) is 4.79 Å². The van der Waals surface area contributed by atoms with Crippen molar-refractivity contribution in [3.63, 3.8) is 0 Å². The van der Waals surface area contributed by atoms with Crippen LogP contribution in [0.15, 0.2) is 11.6 Å². The van der Waals surface area contributed by atoms with Crippen LogP contribution in [0.25, 0.3) is 0 Å². The zero-order chi connectivity index (χ0) is 53.6. The van der Waals surface area contributed by atoms with E-state index in [2.05, 4.69) is 33.8 Å². The van der Waals surface area contributed by atoms with Gasteiger partial charge in [-0.05, 0) is 91.8 Å². The van der Waals surface area contributed by atoms with Crippen LogP contribution >= 0.6 is 0 Å². The van der Waals surface area contributed by atoms with Crippen molar-refractivity contribution >= 4 is 5.97 Å². The Morgan fingerprint density at radius 3 is 2.00 bits per heavy atom. The molecule has 30 atom stereocenters. The summed E-state index contributed by atoms with van der Waals surface area (Å²) >= 11 is 0. The summed E-state index contributed by atoms with van der Waals surface area (Å²) in [4.78, 5) is 12.8. The smallest absolute Gasteiger partial charge is 0.303 e. The van der Waals surface area contributed by atoms with Gasteiger partial charge in [0.1, 0.15) is 85.5 Å². The summed E-state index contributed by atoms with van der Waals surface area (Å²) in [6.45, 7) is 8.31. The monoisotopic (exact) mass is 1070 g/mol. The zero-order valence-electron chi connectivity index (χ0n) is 43.4. The van der Waals surface area contributed by atoms with E-state index in [9.17, 15) is 61.0 Å². The SMILES string of the molecule is CC(=O)OC1C(OC2CCC3(C)C(=CCC4C3CCC3(C)C4CC4OC5(CCC(C)CO5)C(C)C43)C2)OC(CO)C(OC2OC(CO)C(O)C(OC3OCC(O)C(O)C3O)C2OC2OC(CO)C(O)C(O)C2O)C1O. The number of fused-ring (bicyclic) bond motifs is 7. The molecule has 9 fully saturated rings. The number of carbonyl (C=O) groups excluding carboxylic acids is 1. The van der Waals surface area contributed by atoms with Crippen LogP contribution in [0.2, 0.25) is 0 Å². The molecule has 0 aromatic rings. The van der Waals surface area contributed by atoms with Crippen molar-refractivity contribution in [3.05, 3.63) is 11.6 Å². The van der Waals surface area contributed by atoms with E-state index in [0.717, 1.165) is 58.5 Å². The molecule has 428 valence electrons. The number of aliphatic hydroxyl groups is 11. The molecule has 23 nitrogen and oxygen atoms in total. The van der Waals surface area contributed by atoms with Gasteiger partial charge in [0.05, 0.1) is 45.2 Å². The second-order valence-corrected chi connectivity index (χ2v) is 24.0. The van der Waals surface area contributed by atoms with Crippen LogP contribution in [-0.2, 0) is 56.9 Å². The molecule has 0 aromatic carbocycles. The van der Waals surface area contributed by atoms with E-state index in [4.69, 9.17) is 52.1 Å². The molecule has 6 aliphatic heterocycles. The van der Waals surface area contributed by atoms with Gasteiger partial charge in [-0.1, -0.05) is 39.3 Å². The number of ether oxygens (including phenoxy) is 11. The predicted octanol–water partition coefficient (Wildman–Crippen LogP) is -1.78. The van der Waals surface area contributed by atoms with Gasteiger partial charge in [0, 0.05) is 19.3 Å². The highest BCUT2D eigenvalue weighted by molar-refractivity contribution is 5.66. The van der Waals surface area contributed by atoms with Gasteiger partial charge >= 0.3 is 5.97 Å². The van der Waals surface area contributed by atoms with Crippen LogP contribution in [0.4, 0.5) is 0 Å². The van der Waals surface area contributed by atoms with Gasteiger partial charge in [-0.25, -0.2) is 0 Å². The summed E-state index contributed by atoms with van der Waals surface area (Å²) in [6, 6.07) is 0. The summed E-state index contributed by atoms with van der Waals surface area (Å²) in [7, 11) is 0. The number of esters is 1. The van der Waals surface area contributed by atoms with Crippen molar-refractivity contribution < 1.29 is 113 Å². The largest absolute Gasteiger partial charge is 0.454 e. The predicted molar refractivity (Wildman–Crippen MR) is 252 cm³/mol. The maximum atomic E-state index is 12.8. The van der Waals surface area contributed by atoms with E-state index in [-0.39, 0.29) is 16.9 Å². The highest BCUT2D eigenvalue weighted by Crippen LogP contribution is 2.71. The van der Waals surface area contributed by atoms with Crippen molar-refractivity contribution in [2.75, 3.05) is 33.0 Å². The molecule has 10 rings (SSSR count). The van der Waals surface area contributed by atoms with Crippen molar-refractivity contribution in [3.8, 4) is 0 Å². The highest BCUT2D eigenvalue weighted by atomic mass is 16.8. The third-order valence-corrected chi connectivity index (χ3v) is 19.7. The van der Waals surface area contributed by atoms with Crippen LogP contribution < -0.4 is 0 Å². The van der Waals surface area contributed by atoms with Crippen molar-refractivity contribution in [1.29, 1.82) is 0 Å². The minimum atomic E-state index is -2.02. The Morgan fingerprint density at radius 2 is 1.31 bits per heavy atom. The molecule has 23 heteroatoms. The Labute approximate surface area is 436 Å². The second kappa shape index (κ2) is 22.0. The molecule has 30 unspecified atom stereocenters. The van der Waals surface area contributed by atoms with E-state index in [1.807, 2.05) is 0 Å². The van der Waals surface area contributed by atoms with E-state index in [1.54, 1.807) is 0 Å². The van der Waals surface area contributed by atoms with Gasteiger partial charge in [0.15, 0.2) is 37.1 Å². The molecular formula is C52H82O23. The lowest BCUT2D eigenvalue weighted by molar-refractivity contribution is -0.403. The quantitative estimate of drug-likeness (QED) is 0.0760. The molecule has 0 radical (unpaired) electrons. The van der Waals surface area contributed by atoms with E-state index >= 15 is 0 Å². The Balaban J connectivity index is 0.857. The van der Waals surface area contributed by atoms with Gasteiger partial charge < -0.3 is 108 Å². The molecule has 11 N–H and O–H groups in total. The molecular weight excluding hydrogens is 993 g/mol. The summed E-state index contributed by atoms with van der Waals surface area (Å²) in [5.41, 5.74) is 1.37. The maximum absolute atomic E-state index is 12.8. The first-order valence-electron chi connectivity index (χ1n) is 27.3. The number of hydrogen-bond acceptors (Lipinski definition) is 23. The average molecular weight is 1080 g/mol. The molecule has 6 heterocycles. The standard InChI is InChI=1S/C52H82O23/c1-21-8-13-52(66-19-21)22(2)34-30(75-52)15-28-26-7-6-24-14-25(9-11-50(24,4)27(26)10-12-51(28,34)5)68-48-44(67-23(3)56)41(64)42(33(18-55)71-48)72-49-45(74-47-40(63)38(61)36(59)31(16-53)69-47)43(37(60)32(17-54)70-49)73-46-39(62)35(58)29(57)20-65-46/h6,21-22,25-49,53-55,57-64H,7-20H2,1-5H3. The fourth-order valence-corrected chi connectivity index (χ4v) is 15.6. The van der Waals surface area contributed by atoms with Crippen molar-refractivity contribution in [2.45, 2.75) is 227 Å². The lowest BCUT2D eigenvalue weighted by atomic mass is 9.47. The molecule has 0 amide bonds. The number of rotatable bonds is 12. The average Bonchev–Trinajstić information content (AvgIpc) is 3.84. The Kier molecular flexibility index (Phi) is 16.6. The number of carbonyl (C=O) groups is 1. The molecule has 1 spiro atoms. The van der Waals surface area contributed by atoms with Gasteiger partial charge in [-0.2, -0.15) is 0 Å². The molecule has 10 aliphatic rings. The van der Waals surface area contributed by atoms with Crippen LogP contribution in [0.3, 0.4) is 0 Å². The first-order chi connectivity index (χ1) is 35.7. The molecule has 75 heavy (non-hydrogen) atoms. The lowest BCUT2D eigenvalue weighted by Gasteiger charge is -2.58. The maximum Gasteiger partial charge on any atom is 0.303 e. The molecule has 4 aliphatic carbocycles. The van der Waals surface area contributed by atoms with Crippen LogP contribution in [0.1, 0.15) is 92.4 Å². The number of aliphatic hydroxyl groups excluding tert-OH is 11. The minimum absolute atomic E-state index is 0.0784. The summed E-state index contributed by atoms with van der Waals surface area (Å²) in [5.74, 6) is 1.54. The second-order valence-electron chi connectivity index (χ2n) is 24.0. The molecule has 6 saturated heterocycles. The Hall–Kier alpha value is -1.63. The fraction of sp³-hybridized carbons (Fsp3) is 0.942. The summed E-state index contributed by atoms with van der Waals surface area (Å²) < 4.78 is 67.7. The first-order valence-corrected chi connectivity index (χ1v) is 27.3. The van der Waals surface area contributed by atoms with Crippen LogP contribution in [-0.4, -0.2) is 230 Å².